The number of thiophene rings is 1. The summed E-state index contributed by atoms with van der Waals surface area (Å²) in [5.41, 5.74) is 9.62. The zero-order valence-electron chi connectivity index (χ0n) is 24.3. The van der Waals surface area contributed by atoms with Gasteiger partial charge in [0.2, 0.25) is 0 Å². The van der Waals surface area contributed by atoms with E-state index in [2.05, 4.69) is 167 Å². The summed E-state index contributed by atoms with van der Waals surface area (Å²) >= 11 is 1.90. The molecule has 45 heavy (non-hydrogen) atoms. The number of hydrogen-bond donors (Lipinski definition) is 0. The van der Waals surface area contributed by atoms with Gasteiger partial charge in [0.1, 0.15) is 0 Å². The molecule has 0 saturated heterocycles. The lowest BCUT2D eigenvalue weighted by atomic mass is 10.0. The van der Waals surface area contributed by atoms with Crippen molar-refractivity contribution in [2.75, 3.05) is 0 Å². The third kappa shape index (κ3) is 3.56. The Kier molecular flexibility index (Phi) is 5.19. The van der Waals surface area contributed by atoms with Gasteiger partial charge < -0.3 is 9.13 Å². The largest absolute Gasteiger partial charge is 0.309 e. The quantitative estimate of drug-likeness (QED) is 0.194. The van der Waals surface area contributed by atoms with E-state index >= 15 is 0 Å². The average Bonchev–Trinajstić information content (AvgIpc) is 3.76. The van der Waals surface area contributed by atoms with Crippen molar-refractivity contribution in [3.8, 4) is 22.5 Å². The van der Waals surface area contributed by atoms with Crippen LogP contribution in [0.15, 0.2) is 158 Å². The second-order valence-corrected chi connectivity index (χ2v) is 12.8. The molecule has 3 heterocycles. The monoisotopic (exact) mass is 590 g/mol. The molecule has 10 rings (SSSR count). The summed E-state index contributed by atoms with van der Waals surface area (Å²) in [4.78, 5) is 0. The minimum atomic E-state index is 1.15. The lowest BCUT2D eigenvalue weighted by Crippen LogP contribution is -2.00. The second kappa shape index (κ2) is 9.43. The van der Waals surface area contributed by atoms with Gasteiger partial charge in [-0.2, -0.15) is 0 Å². The number of rotatable bonds is 3. The van der Waals surface area contributed by atoms with Gasteiger partial charge in [0.25, 0.3) is 0 Å². The first kappa shape index (κ1) is 24.8. The molecule has 0 aliphatic heterocycles. The van der Waals surface area contributed by atoms with Crippen molar-refractivity contribution < 1.29 is 0 Å². The summed E-state index contributed by atoms with van der Waals surface area (Å²) in [6.45, 7) is 0. The first-order valence-electron chi connectivity index (χ1n) is 15.4. The molecule has 0 saturated carbocycles. The highest BCUT2D eigenvalue weighted by Gasteiger charge is 2.20. The van der Waals surface area contributed by atoms with Crippen LogP contribution in [0.25, 0.3) is 86.3 Å². The van der Waals surface area contributed by atoms with Gasteiger partial charge >= 0.3 is 0 Å². The molecule has 0 unspecified atom stereocenters. The Morgan fingerprint density at radius 3 is 1.56 bits per heavy atom. The topological polar surface area (TPSA) is 9.86 Å². The highest BCUT2D eigenvalue weighted by atomic mass is 32.1. The molecule has 3 heteroatoms. The minimum Gasteiger partial charge on any atom is -0.309 e. The third-order valence-electron chi connectivity index (χ3n) is 9.29. The Morgan fingerprint density at radius 2 is 0.867 bits per heavy atom. The molecule has 7 aromatic carbocycles. The van der Waals surface area contributed by atoms with E-state index in [1.54, 1.807) is 0 Å². The molecule has 0 spiro atoms. The molecule has 0 atom stereocenters. The Labute approximate surface area is 263 Å². The maximum atomic E-state index is 2.51. The first-order valence-corrected chi connectivity index (χ1v) is 16.2. The van der Waals surface area contributed by atoms with Gasteiger partial charge in [-0.05, 0) is 53.6 Å². The highest BCUT2D eigenvalue weighted by Crippen LogP contribution is 2.44. The lowest BCUT2D eigenvalue weighted by molar-refractivity contribution is 1.14. The van der Waals surface area contributed by atoms with E-state index in [1.165, 1.54) is 74.9 Å². The fourth-order valence-electron chi connectivity index (χ4n) is 7.35. The second-order valence-electron chi connectivity index (χ2n) is 11.8. The molecule has 0 aliphatic carbocycles. The summed E-state index contributed by atoms with van der Waals surface area (Å²) < 4.78 is 7.59. The number of fused-ring (bicyclic) bond motifs is 10. The van der Waals surface area contributed by atoms with Crippen molar-refractivity contribution in [1.82, 2.24) is 9.13 Å². The summed E-state index contributed by atoms with van der Waals surface area (Å²) in [7, 11) is 0. The van der Waals surface area contributed by atoms with Crippen LogP contribution in [-0.2, 0) is 0 Å². The van der Waals surface area contributed by atoms with Crippen molar-refractivity contribution in [3.63, 3.8) is 0 Å². The van der Waals surface area contributed by atoms with Crippen molar-refractivity contribution in [1.29, 1.82) is 0 Å². The van der Waals surface area contributed by atoms with Crippen LogP contribution in [0.3, 0.4) is 0 Å². The number of benzene rings is 7. The highest BCUT2D eigenvalue weighted by molar-refractivity contribution is 7.26. The van der Waals surface area contributed by atoms with E-state index in [0.29, 0.717) is 0 Å². The van der Waals surface area contributed by atoms with E-state index in [-0.39, 0.29) is 0 Å². The lowest BCUT2D eigenvalue weighted by Gasteiger charge is -2.16. The maximum Gasteiger partial charge on any atom is 0.0719 e. The van der Waals surface area contributed by atoms with Crippen LogP contribution < -0.4 is 0 Å². The molecule has 10 aromatic rings. The molecule has 2 nitrogen and oxygen atoms in total. The van der Waals surface area contributed by atoms with E-state index in [9.17, 15) is 0 Å². The Hall–Kier alpha value is -5.64. The summed E-state index contributed by atoms with van der Waals surface area (Å²) in [5, 5.41) is 7.73. The molecule has 0 amide bonds. The number of aromatic nitrogens is 2. The summed E-state index contributed by atoms with van der Waals surface area (Å²) in [5.74, 6) is 0. The van der Waals surface area contributed by atoms with E-state index in [0.717, 1.165) is 11.4 Å². The summed E-state index contributed by atoms with van der Waals surface area (Å²) in [6, 6.07) is 57.7. The number of hydrogen-bond acceptors (Lipinski definition) is 1. The van der Waals surface area contributed by atoms with Crippen LogP contribution in [0.2, 0.25) is 0 Å². The maximum absolute atomic E-state index is 2.51. The van der Waals surface area contributed by atoms with Crippen molar-refractivity contribution in [2.24, 2.45) is 0 Å². The standard InChI is InChI=1S/C42H26N2S/c1-2-12-27(13-3-1)28-24-29(43-37-18-8-4-14-31(37)32-15-5-9-19-38(32)43)26-30(25-28)44-39-20-10-6-16-33(39)35-22-23-36-34-17-7-11-21-40(34)45-42(36)41(35)44/h1-26H. The predicted molar refractivity (Wildman–Crippen MR) is 193 cm³/mol. The molecule has 0 bridgehead atoms. The number of nitrogens with zero attached hydrogens (tertiary/aromatic N) is 2. The van der Waals surface area contributed by atoms with Gasteiger partial charge in [-0.1, -0.05) is 115 Å². The molecule has 0 aliphatic rings. The molecular weight excluding hydrogens is 565 g/mol. The van der Waals surface area contributed by atoms with Crippen LogP contribution in [0.1, 0.15) is 0 Å². The van der Waals surface area contributed by atoms with Crippen molar-refractivity contribution in [3.05, 3.63) is 158 Å². The van der Waals surface area contributed by atoms with Gasteiger partial charge in [-0.15, -0.1) is 11.3 Å². The Morgan fingerprint density at radius 1 is 0.356 bits per heavy atom. The van der Waals surface area contributed by atoms with E-state index < -0.39 is 0 Å². The van der Waals surface area contributed by atoms with Gasteiger partial charge in [0, 0.05) is 48.4 Å². The fraction of sp³-hybridized carbons (Fsp3) is 0. The predicted octanol–water partition coefficient (Wildman–Crippen LogP) is 11.9. The van der Waals surface area contributed by atoms with Gasteiger partial charge in [0.15, 0.2) is 0 Å². The van der Waals surface area contributed by atoms with Gasteiger partial charge in [0.05, 0.1) is 26.8 Å². The van der Waals surface area contributed by atoms with Gasteiger partial charge in [-0.3, -0.25) is 0 Å². The molecule has 210 valence electrons. The normalized spacial score (nSPS) is 12.0. The van der Waals surface area contributed by atoms with Crippen molar-refractivity contribution >= 4 is 75.1 Å². The first-order chi connectivity index (χ1) is 22.3. The van der Waals surface area contributed by atoms with Crippen LogP contribution in [0.5, 0.6) is 0 Å². The zero-order chi connectivity index (χ0) is 29.5. The summed E-state index contributed by atoms with van der Waals surface area (Å²) in [6.07, 6.45) is 0. The smallest absolute Gasteiger partial charge is 0.0719 e. The average molecular weight is 591 g/mol. The van der Waals surface area contributed by atoms with E-state index in [4.69, 9.17) is 0 Å². The SMILES string of the molecule is c1ccc(-c2cc(-n3c4ccccc4c4ccccc43)cc(-n3c4ccccc4c4ccc5c6ccccc6sc5c43)c2)cc1. The van der Waals surface area contributed by atoms with Crippen LogP contribution in [0.4, 0.5) is 0 Å². The molecule has 0 radical (unpaired) electrons. The number of para-hydroxylation sites is 3. The Bertz CT molecular complexity index is 2710. The van der Waals surface area contributed by atoms with Crippen LogP contribution in [0, 0.1) is 0 Å². The molecular formula is C42H26N2S. The molecule has 0 N–H and O–H groups in total. The Balaban J connectivity index is 1.37. The van der Waals surface area contributed by atoms with Crippen LogP contribution in [-0.4, -0.2) is 9.13 Å². The van der Waals surface area contributed by atoms with Crippen LogP contribution >= 0.6 is 11.3 Å². The molecule has 3 aromatic heterocycles. The van der Waals surface area contributed by atoms with Gasteiger partial charge in [-0.25, -0.2) is 0 Å². The minimum absolute atomic E-state index is 1.15. The molecule has 0 fully saturated rings. The fourth-order valence-corrected chi connectivity index (χ4v) is 8.59. The zero-order valence-corrected chi connectivity index (χ0v) is 25.1. The third-order valence-corrected chi connectivity index (χ3v) is 10.5. The van der Waals surface area contributed by atoms with E-state index in [1.807, 2.05) is 11.3 Å². The van der Waals surface area contributed by atoms with Crippen molar-refractivity contribution in [2.45, 2.75) is 0 Å².